The lowest BCUT2D eigenvalue weighted by Gasteiger charge is -2.07. The Morgan fingerprint density at radius 3 is 2.14 bits per heavy atom. The second-order valence-electron chi connectivity index (χ2n) is 5.92. The Morgan fingerprint density at radius 1 is 0.857 bits per heavy atom. The first-order valence-corrected chi connectivity index (χ1v) is 8.58. The Labute approximate surface area is 160 Å². The normalized spacial score (nSPS) is 10.4. The maximum absolute atomic E-state index is 12.4. The first-order chi connectivity index (χ1) is 13.7. The average molecular weight is 372 g/mol. The van der Waals surface area contributed by atoms with Crippen LogP contribution in [-0.2, 0) is 0 Å². The fourth-order valence-corrected chi connectivity index (χ4v) is 2.59. The minimum absolute atomic E-state index is 0.0709. The van der Waals surface area contributed by atoms with E-state index in [4.69, 9.17) is 4.74 Å². The van der Waals surface area contributed by atoms with Crippen LogP contribution in [0.25, 0.3) is 5.69 Å². The number of aromatic amines is 1. The van der Waals surface area contributed by atoms with Gasteiger partial charge in [0.2, 0.25) is 5.82 Å². The number of ether oxygens (including phenoxy) is 1. The smallest absolute Gasteiger partial charge is 0.348 e. The van der Waals surface area contributed by atoms with Gasteiger partial charge in [-0.25, -0.2) is 4.79 Å². The molecule has 0 saturated heterocycles. The zero-order valence-corrected chi connectivity index (χ0v) is 14.7. The number of rotatable bonds is 5. The van der Waals surface area contributed by atoms with Gasteiger partial charge in [0.15, 0.2) is 0 Å². The lowest BCUT2D eigenvalue weighted by atomic mass is 10.3. The van der Waals surface area contributed by atoms with Gasteiger partial charge < -0.3 is 10.1 Å². The van der Waals surface area contributed by atoms with Crippen LogP contribution in [0.15, 0.2) is 89.7 Å². The quantitative estimate of drug-likeness (QED) is 0.560. The molecular formula is C21H16N4O3. The number of nitrogens with zero attached hydrogens (tertiary/aromatic N) is 2. The van der Waals surface area contributed by atoms with Gasteiger partial charge in [-0.3, -0.25) is 9.78 Å². The fourth-order valence-electron chi connectivity index (χ4n) is 2.59. The number of benzene rings is 3. The van der Waals surface area contributed by atoms with Crippen molar-refractivity contribution in [3.63, 3.8) is 0 Å². The average Bonchev–Trinajstić information content (AvgIpc) is 3.13. The van der Waals surface area contributed by atoms with Crippen molar-refractivity contribution >= 4 is 11.6 Å². The molecule has 1 amide bonds. The highest BCUT2D eigenvalue weighted by Crippen LogP contribution is 2.22. The Kier molecular flexibility index (Phi) is 4.71. The van der Waals surface area contributed by atoms with E-state index in [-0.39, 0.29) is 5.82 Å². The summed E-state index contributed by atoms with van der Waals surface area (Å²) < 4.78 is 6.86. The van der Waals surface area contributed by atoms with Crippen molar-refractivity contribution in [1.29, 1.82) is 0 Å². The van der Waals surface area contributed by atoms with Crippen molar-refractivity contribution in [2.45, 2.75) is 0 Å². The highest BCUT2D eigenvalue weighted by Gasteiger charge is 2.14. The molecule has 3 aromatic carbocycles. The second-order valence-corrected chi connectivity index (χ2v) is 5.92. The van der Waals surface area contributed by atoms with Crippen molar-refractivity contribution in [2.24, 2.45) is 0 Å². The summed E-state index contributed by atoms with van der Waals surface area (Å²) in [4.78, 5) is 26.9. The largest absolute Gasteiger partial charge is 0.457 e. The molecule has 7 nitrogen and oxygen atoms in total. The third kappa shape index (κ3) is 3.83. The molecule has 0 saturated carbocycles. The number of H-pyrrole nitrogens is 1. The van der Waals surface area contributed by atoms with E-state index < -0.39 is 11.6 Å². The number of amides is 1. The minimum atomic E-state index is -0.511. The van der Waals surface area contributed by atoms with Crippen LogP contribution in [0, 0.1) is 0 Å². The van der Waals surface area contributed by atoms with Gasteiger partial charge in [-0.2, -0.15) is 4.68 Å². The third-order valence-electron chi connectivity index (χ3n) is 3.92. The molecule has 0 spiro atoms. The van der Waals surface area contributed by atoms with Crippen LogP contribution in [-0.4, -0.2) is 20.7 Å². The molecular weight excluding hydrogens is 356 g/mol. The molecule has 0 aliphatic heterocycles. The summed E-state index contributed by atoms with van der Waals surface area (Å²) in [6.45, 7) is 0. The Balaban J connectivity index is 1.46. The lowest BCUT2D eigenvalue weighted by molar-refractivity contribution is 0.101. The maximum Gasteiger partial charge on any atom is 0.348 e. The molecule has 0 atom stereocenters. The van der Waals surface area contributed by atoms with Gasteiger partial charge in [-0.1, -0.05) is 36.4 Å². The minimum Gasteiger partial charge on any atom is -0.457 e. The molecule has 0 aliphatic carbocycles. The number of para-hydroxylation sites is 2. The summed E-state index contributed by atoms with van der Waals surface area (Å²) in [7, 11) is 0. The number of nitrogens with one attached hydrogen (secondary N) is 2. The molecule has 0 unspecified atom stereocenters. The van der Waals surface area contributed by atoms with Crippen molar-refractivity contribution < 1.29 is 9.53 Å². The number of carbonyl (C=O) groups excluding carboxylic acids is 1. The summed E-state index contributed by atoms with van der Waals surface area (Å²) in [6, 6.07) is 25.2. The Hall–Kier alpha value is -4.13. The number of hydrogen-bond donors (Lipinski definition) is 2. The summed E-state index contributed by atoms with van der Waals surface area (Å²) in [6.07, 6.45) is 0. The lowest BCUT2D eigenvalue weighted by Crippen LogP contribution is -2.15. The highest BCUT2D eigenvalue weighted by molar-refractivity contribution is 6.01. The molecule has 1 heterocycles. The monoisotopic (exact) mass is 372 g/mol. The van der Waals surface area contributed by atoms with Gasteiger partial charge in [0.1, 0.15) is 11.5 Å². The van der Waals surface area contributed by atoms with Crippen LogP contribution in [0.4, 0.5) is 5.69 Å². The zero-order valence-electron chi connectivity index (χ0n) is 14.7. The van der Waals surface area contributed by atoms with Crippen LogP contribution < -0.4 is 15.7 Å². The van der Waals surface area contributed by atoms with Crippen LogP contribution in [0.2, 0.25) is 0 Å². The van der Waals surface area contributed by atoms with Gasteiger partial charge >= 0.3 is 5.69 Å². The Morgan fingerprint density at radius 2 is 1.46 bits per heavy atom. The number of aromatic nitrogens is 3. The predicted molar refractivity (Wildman–Crippen MR) is 105 cm³/mol. The first kappa shape index (κ1) is 17.3. The van der Waals surface area contributed by atoms with Gasteiger partial charge in [0.05, 0.1) is 5.69 Å². The van der Waals surface area contributed by atoms with E-state index in [0.29, 0.717) is 17.1 Å². The van der Waals surface area contributed by atoms with E-state index in [1.807, 2.05) is 36.4 Å². The van der Waals surface area contributed by atoms with Gasteiger partial charge in [-0.15, -0.1) is 5.10 Å². The second kappa shape index (κ2) is 7.63. The molecule has 28 heavy (non-hydrogen) atoms. The summed E-state index contributed by atoms with van der Waals surface area (Å²) in [5, 5.41) is 6.76. The number of hydrogen-bond acceptors (Lipinski definition) is 4. The van der Waals surface area contributed by atoms with E-state index in [9.17, 15) is 9.59 Å². The summed E-state index contributed by atoms with van der Waals surface area (Å²) in [5.41, 5.74) is 0.647. The molecule has 1 aromatic heterocycles. The standard InChI is InChI=1S/C21H16N4O3/c26-20(19-23-21(27)25(24-19)16-7-3-1-4-8-16)22-15-11-13-18(14-12-15)28-17-9-5-2-6-10-17/h1-14H,(H,22,26)(H,23,24,27). The van der Waals surface area contributed by atoms with Crippen LogP contribution in [0.1, 0.15) is 10.6 Å². The maximum atomic E-state index is 12.4. The number of anilines is 1. The molecule has 2 N–H and O–H groups in total. The molecule has 7 heteroatoms. The van der Waals surface area contributed by atoms with E-state index in [0.717, 1.165) is 10.4 Å². The van der Waals surface area contributed by atoms with Crippen LogP contribution in [0.5, 0.6) is 11.5 Å². The molecule has 138 valence electrons. The Bertz CT molecular complexity index is 1130. The van der Waals surface area contributed by atoms with Crippen molar-refractivity contribution in [3.8, 4) is 17.2 Å². The molecule has 0 fully saturated rings. The summed E-state index contributed by atoms with van der Waals surface area (Å²) in [5.74, 6) is 0.788. The third-order valence-corrected chi connectivity index (χ3v) is 3.92. The van der Waals surface area contributed by atoms with E-state index >= 15 is 0 Å². The van der Waals surface area contributed by atoms with Crippen LogP contribution in [0.3, 0.4) is 0 Å². The van der Waals surface area contributed by atoms with Gasteiger partial charge in [-0.05, 0) is 48.5 Å². The van der Waals surface area contributed by atoms with E-state index in [2.05, 4.69) is 15.4 Å². The fraction of sp³-hybridized carbons (Fsp3) is 0. The molecule has 0 radical (unpaired) electrons. The molecule has 0 aliphatic rings. The first-order valence-electron chi connectivity index (χ1n) is 8.58. The van der Waals surface area contributed by atoms with E-state index in [1.54, 1.807) is 48.5 Å². The SMILES string of the molecule is O=C(Nc1ccc(Oc2ccccc2)cc1)c1nn(-c2ccccc2)c(=O)[nH]1. The van der Waals surface area contributed by atoms with Crippen molar-refractivity contribution in [3.05, 3.63) is 101 Å². The van der Waals surface area contributed by atoms with Crippen molar-refractivity contribution in [2.75, 3.05) is 5.32 Å². The van der Waals surface area contributed by atoms with Gasteiger partial charge in [0, 0.05) is 5.69 Å². The molecule has 0 bridgehead atoms. The zero-order chi connectivity index (χ0) is 19.3. The highest BCUT2D eigenvalue weighted by atomic mass is 16.5. The molecule has 4 aromatic rings. The summed E-state index contributed by atoms with van der Waals surface area (Å²) >= 11 is 0. The van der Waals surface area contributed by atoms with Crippen LogP contribution >= 0.6 is 0 Å². The van der Waals surface area contributed by atoms with Crippen molar-refractivity contribution in [1.82, 2.24) is 14.8 Å². The predicted octanol–water partition coefficient (Wildman–Crippen LogP) is 3.61. The van der Waals surface area contributed by atoms with Gasteiger partial charge in [0.25, 0.3) is 5.91 Å². The molecule has 4 rings (SSSR count). The number of carbonyl (C=O) groups is 1. The van der Waals surface area contributed by atoms with E-state index in [1.165, 1.54) is 0 Å². The topological polar surface area (TPSA) is 89.0 Å².